The van der Waals surface area contributed by atoms with Gasteiger partial charge in [0.05, 0.1) is 11.9 Å². The first-order valence-corrected chi connectivity index (χ1v) is 9.16. The Kier molecular flexibility index (Phi) is 4.99. The van der Waals surface area contributed by atoms with Gasteiger partial charge in [0, 0.05) is 17.1 Å². The highest BCUT2D eigenvalue weighted by Gasteiger charge is 2.17. The summed E-state index contributed by atoms with van der Waals surface area (Å²) in [5, 5.41) is 4.25. The molecule has 0 aliphatic rings. The Morgan fingerprint density at radius 1 is 1.16 bits per heavy atom. The van der Waals surface area contributed by atoms with Crippen LogP contribution >= 0.6 is 11.3 Å². The predicted molar refractivity (Wildman–Crippen MR) is 105 cm³/mol. The number of nitrogens with one attached hydrogen (secondary N) is 1. The molecule has 1 aromatic carbocycles. The van der Waals surface area contributed by atoms with Crippen molar-refractivity contribution in [1.82, 2.24) is 9.97 Å². The number of thiophene rings is 1. The summed E-state index contributed by atoms with van der Waals surface area (Å²) < 4.78 is 0. The summed E-state index contributed by atoms with van der Waals surface area (Å²) in [6.45, 7) is 8.83. The van der Waals surface area contributed by atoms with Crippen LogP contribution in [-0.4, -0.2) is 29.0 Å². The van der Waals surface area contributed by atoms with Gasteiger partial charge in [-0.3, -0.25) is 4.79 Å². The molecule has 0 radical (unpaired) electrons. The SMILES string of the molecule is CCN(C(=O)CNc1nc(C)nc2sc(C)c(C)c12)c1ccccc1. The fraction of sp³-hybridized carbons (Fsp3) is 0.316. The van der Waals surface area contributed by atoms with E-state index in [0.29, 0.717) is 12.4 Å². The van der Waals surface area contributed by atoms with Crippen molar-refractivity contribution in [2.24, 2.45) is 0 Å². The second-order valence-corrected chi connectivity index (χ2v) is 7.11. The van der Waals surface area contributed by atoms with Crippen LogP contribution in [0.3, 0.4) is 0 Å². The average Bonchev–Trinajstić information content (AvgIpc) is 2.88. The van der Waals surface area contributed by atoms with Crippen molar-refractivity contribution in [2.45, 2.75) is 27.7 Å². The number of benzene rings is 1. The zero-order chi connectivity index (χ0) is 18.0. The monoisotopic (exact) mass is 354 g/mol. The number of nitrogens with zero attached hydrogens (tertiary/aromatic N) is 3. The predicted octanol–water partition coefficient (Wildman–Crippen LogP) is 4.08. The zero-order valence-corrected chi connectivity index (χ0v) is 15.8. The van der Waals surface area contributed by atoms with E-state index >= 15 is 0 Å². The highest BCUT2D eigenvalue weighted by Crippen LogP contribution is 2.33. The van der Waals surface area contributed by atoms with E-state index in [0.717, 1.165) is 21.7 Å². The molecule has 5 nitrogen and oxygen atoms in total. The molecule has 0 aliphatic carbocycles. The molecule has 1 amide bonds. The molecule has 3 aromatic rings. The smallest absolute Gasteiger partial charge is 0.246 e. The van der Waals surface area contributed by atoms with Gasteiger partial charge in [-0.15, -0.1) is 11.3 Å². The summed E-state index contributed by atoms with van der Waals surface area (Å²) in [5.74, 6) is 1.46. The van der Waals surface area contributed by atoms with Gasteiger partial charge < -0.3 is 10.2 Å². The fourth-order valence-electron chi connectivity index (χ4n) is 2.85. The molecule has 130 valence electrons. The van der Waals surface area contributed by atoms with Gasteiger partial charge in [0.2, 0.25) is 5.91 Å². The number of likely N-dealkylation sites (N-methyl/N-ethyl adjacent to an activating group) is 1. The van der Waals surface area contributed by atoms with Crippen LogP contribution in [0.2, 0.25) is 0 Å². The maximum absolute atomic E-state index is 12.7. The maximum Gasteiger partial charge on any atom is 0.246 e. The standard InChI is InChI=1S/C19H22N4OS/c1-5-23(15-9-7-6-8-10-15)16(24)11-20-18-17-12(2)13(3)25-19(17)22-14(4)21-18/h6-10H,5,11H2,1-4H3,(H,20,21,22). The highest BCUT2D eigenvalue weighted by molar-refractivity contribution is 7.18. The summed E-state index contributed by atoms with van der Waals surface area (Å²) in [4.78, 5) is 25.7. The van der Waals surface area contributed by atoms with Gasteiger partial charge in [0.25, 0.3) is 0 Å². The van der Waals surface area contributed by atoms with E-state index in [4.69, 9.17) is 0 Å². The minimum Gasteiger partial charge on any atom is -0.360 e. The van der Waals surface area contributed by atoms with Crippen LogP contribution in [0, 0.1) is 20.8 Å². The van der Waals surface area contributed by atoms with E-state index in [-0.39, 0.29) is 12.5 Å². The summed E-state index contributed by atoms with van der Waals surface area (Å²) in [6, 6.07) is 9.71. The molecular weight excluding hydrogens is 332 g/mol. The molecule has 0 bridgehead atoms. The Morgan fingerprint density at radius 2 is 1.88 bits per heavy atom. The van der Waals surface area contributed by atoms with E-state index < -0.39 is 0 Å². The van der Waals surface area contributed by atoms with Crippen molar-refractivity contribution >= 4 is 39.0 Å². The normalized spacial score (nSPS) is 10.9. The van der Waals surface area contributed by atoms with E-state index in [2.05, 4.69) is 29.1 Å². The second-order valence-electron chi connectivity index (χ2n) is 5.91. The number of amides is 1. The first-order valence-electron chi connectivity index (χ1n) is 8.35. The van der Waals surface area contributed by atoms with Crippen molar-refractivity contribution in [1.29, 1.82) is 0 Å². The third kappa shape index (κ3) is 3.49. The van der Waals surface area contributed by atoms with E-state index in [1.165, 1.54) is 10.4 Å². The lowest BCUT2D eigenvalue weighted by molar-refractivity contribution is -0.116. The van der Waals surface area contributed by atoms with Crippen LogP contribution in [0.25, 0.3) is 10.2 Å². The maximum atomic E-state index is 12.7. The van der Waals surface area contributed by atoms with Crippen molar-refractivity contribution in [3.05, 3.63) is 46.6 Å². The fourth-order valence-corrected chi connectivity index (χ4v) is 3.92. The molecule has 0 saturated carbocycles. The third-order valence-electron chi connectivity index (χ3n) is 4.23. The van der Waals surface area contributed by atoms with Crippen LogP contribution < -0.4 is 10.2 Å². The van der Waals surface area contributed by atoms with Crippen molar-refractivity contribution < 1.29 is 4.79 Å². The number of anilines is 2. The first kappa shape index (κ1) is 17.4. The third-order valence-corrected chi connectivity index (χ3v) is 5.33. The second kappa shape index (κ2) is 7.19. The van der Waals surface area contributed by atoms with Gasteiger partial charge in [-0.2, -0.15) is 0 Å². The Morgan fingerprint density at radius 3 is 2.56 bits per heavy atom. The Balaban J connectivity index is 1.84. The number of aromatic nitrogens is 2. The topological polar surface area (TPSA) is 58.1 Å². The van der Waals surface area contributed by atoms with Crippen LogP contribution in [-0.2, 0) is 4.79 Å². The van der Waals surface area contributed by atoms with E-state index in [9.17, 15) is 4.79 Å². The zero-order valence-electron chi connectivity index (χ0n) is 15.0. The Hall–Kier alpha value is -2.47. The molecule has 0 spiro atoms. The van der Waals surface area contributed by atoms with E-state index in [1.54, 1.807) is 16.2 Å². The molecule has 0 fully saturated rings. The summed E-state index contributed by atoms with van der Waals surface area (Å²) in [7, 11) is 0. The number of aryl methyl sites for hydroxylation is 3. The molecule has 1 N–H and O–H groups in total. The quantitative estimate of drug-likeness (QED) is 0.750. The van der Waals surface area contributed by atoms with Gasteiger partial charge in [0.15, 0.2) is 0 Å². The summed E-state index contributed by atoms with van der Waals surface area (Å²) in [6.07, 6.45) is 0. The largest absolute Gasteiger partial charge is 0.360 e. The molecule has 25 heavy (non-hydrogen) atoms. The lowest BCUT2D eigenvalue weighted by Crippen LogP contribution is -2.35. The summed E-state index contributed by atoms with van der Waals surface area (Å²) in [5.41, 5.74) is 2.08. The van der Waals surface area contributed by atoms with Gasteiger partial charge >= 0.3 is 0 Å². The molecular formula is C19H22N4OS. The Labute approximate surface area is 151 Å². The van der Waals surface area contributed by atoms with Crippen LogP contribution in [0.4, 0.5) is 11.5 Å². The number of hydrogen-bond donors (Lipinski definition) is 1. The lowest BCUT2D eigenvalue weighted by Gasteiger charge is -2.21. The molecule has 0 aliphatic heterocycles. The van der Waals surface area contributed by atoms with Crippen molar-refractivity contribution in [3.63, 3.8) is 0 Å². The van der Waals surface area contributed by atoms with Crippen molar-refractivity contribution in [3.8, 4) is 0 Å². The number of fused-ring (bicyclic) bond motifs is 1. The van der Waals surface area contributed by atoms with Gasteiger partial charge in [-0.05, 0) is 45.4 Å². The molecule has 0 atom stereocenters. The molecule has 2 aromatic heterocycles. The molecule has 2 heterocycles. The van der Waals surface area contributed by atoms with Crippen molar-refractivity contribution in [2.75, 3.05) is 23.3 Å². The van der Waals surface area contributed by atoms with E-state index in [1.807, 2.05) is 44.2 Å². The van der Waals surface area contributed by atoms with Gasteiger partial charge in [-0.25, -0.2) is 9.97 Å². The van der Waals surface area contributed by atoms with Crippen LogP contribution in [0.1, 0.15) is 23.2 Å². The van der Waals surface area contributed by atoms with Gasteiger partial charge in [-0.1, -0.05) is 18.2 Å². The molecule has 0 unspecified atom stereocenters. The lowest BCUT2D eigenvalue weighted by atomic mass is 10.2. The summed E-state index contributed by atoms with van der Waals surface area (Å²) >= 11 is 1.66. The number of carbonyl (C=O) groups is 1. The minimum atomic E-state index is 0.0164. The average molecular weight is 354 g/mol. The highest BCUT2D eigenvalue weighted by atomic mass is 32.1. The Bertz CT molecular complexity index is 905. The molecule has 0 saturated heterocycles. The molecule has 6 heteroatoms. The number of hydrogen-bond acceptors (Lipinski definition) is 5. The first-order chi connectivity index (χ1) is 12.0. The van der Waals surface area contributed by atoms with Crippen LogP contribution in [0.5, 0.6) is 0 Å². The van der Waals surface area contributed by atoms with Gasteiger partial charge in [0.1, 0.15) is 16.5 Å². The number of carbonyl (C=O) groups excluding carboxylic acids is 1. The van der Waals surface area contributed by atoms with Crippen LogP contribution in [0.15, 0.2) is 30.3 Å². The minimum absolute atomic E-state index is 0.0164. The number of para-hydroxylation sites is 1. The number of rotatable bonds is 5. The molecule has 3 rings (SSSR count).